The summed E-state index contributed by atoms with van der Waals surface area (Å²) in [5.41, 5.74) is 3.33. The summed E-state index contributed by atoms with van der Waals surface area (Å²) in [4.78, 5) is 17.8. The van der Waals surface area contributed by atoms with Gasteiger partial charge < -0.3 is 10.1 Å². The van der Waals surface area contributed by atoms with Gasteiger partial charge in [0.05, 0.1) is 22.7 Å². The lowest BCUT2D eigenvalue weighted by molar-refractivity contribution is 0.102. The summed E-state index contributed by atoms with van der Waals surface area (Å²) in [6.07, 6.45) is 2.80. The second-order valence-electron chi connectivity index (χ2n) is 7.58. The highest BCUT2D eigenvalue weighted by atomic mass is 35.5. The normalized spacial score (nSPS) is 11.1. The number of nitrogens with one attached hydrogen (secondary N) is 1. The van der Waals surface area contributed by atoms with Crippen molar-refractivity contribution in [1.29, 1.82) is 0 Å². The van der Waals surface area contributed by atoms with E-state index in [1.165, 1.54) is 18.2 Å². The summed E-state index contributed by atoms with van der Waals surface area (Å²) in [7, 11) is -1.93. The standard InChI is InChI=1S/C26H21ClN2O4S/c1-33-19-7-5-6-17(14-19)22-16-20(34(2,31)32)10-11-21(22)26(30)29-18-9-12-24(27)23(15-18)25-8-3-4-13-28-25/h3-16H,1-2H3,(H,29,30). The van der Waals surface area contributed by atoms with Crippen LogP contribution in [-0.2, 0) is 9.84 Å². The number of methoxy groups -OCH3 is 1. The van der Waals surface area contributed by atoms with Crippen molar-refractivity contribution in [2.24, 2.45) is 0 Å². The number of halogens is 1. The average molecular weight is 493 g/mol. The second kappa shape index (κ2) is 9.67. The number of carbonyl (C=O) groups excluding carboxylic acids is 1. The zero-order valence-electron chi connectivity index (χ0n) is 18.4. The number of rotatable bonds is 6. The predicted octanol–water partition coefficient (Wildman–Crippen LogP) is 5.73. The molecule has 6 nitrogen and oxygen atoms in total. The zero-order chi connectivity index (χ0) is 24.3. The Balaban J connectivity index is 1.75. The maximum atomic E-state index is 13.3. The molecular weight excluding hydrogens is 472 g/mol. The fourth-order valence-corrected chi connectivity index (χ4v) is 4.36. The molecule has 0 saturated heterocycles. The smallest absolute Gasteiger partial charge is 0.256 e. The number of hydrogen-bond donors (Lipinski definition) is 1. The van der Waals surface area contributed by atoms with Crippen LogP contribution in [0, 0.1) is 0 Å². The first-order valence-corrected chi connectivity index (χ1v) is 12.5. The highest BCUT2D eigenvalue weighted by Gasteiger charge is 2.18. The Hall–Kier alpha value is -3.68. The van der Waals surface area contributed by atoms with Crippen LogP contribution < -0.4 is 10.1 Å². The topological polar surface area (TPSA) is 85.4 Å². The lowest BCUT2D eigenvalue weighted by Crippen LogP contribution is -2.14. The largest absolute Gasteiger partial charge is 0.497 e. The quantitative estimate of drug-likeness (QED) is 0.371. The maximum Gasteiger partial charge on any atom is 0.256 e. The number of carbonyl (C=O) groups is 1. The number of sulfone groups is 1. The highest BCUT2D eigenvalue weighted by molar-refractivity contribution is 7.90. The van der Waals surface area contributed by atoms with Crippen molar-refractivity contribution >= 4 is 33.0 Å². The van der Waals surface area contributed by atoms with Gasteiger partial charge in [-0.2, -0.15) is 0 Å². The molecule has 0 aliphatic heterocycles. The lowest BCUT2D eigenvalue weighted by Gasteiger charge is -2.14. The molecule has 0 unspecified atom stereocenters. The van der Waals surface area contributed by atoms with Gasteiger partial charge >= 0.3 is 0 Å². The maximum absolute atomic E-state index is 13.3. The molecule has 0 aliphatic rings. The number of amides is 1. The van der Waals surface area contributed by atoms with Gasteiger partial charge in [0.15, 0.2) is 9.84 Å². The highest BCUT2D eigenvalue weighted by Crippen LogP contribution is 2.32. The van der Waals surface area contributed by atoms with Gasteiger partial charge in [0.25, 0.3) is 5.91 Å². The van der Waals surface area contributed by atoms with Gasteiger partial charge in [0.1, 0.15) is 5.75 Å². The minimum absolute atomic E-state index is 0.116. The summed E-state index contributed by atoms with van der Waals surface area (Å²) in [6.45, 7) is 0. The molecule has 0 aliphatic carbocycles. The third-order valence-electron chi connectivity index (χ3n) is 5.21. The Kier molecular flexibility index (Phi) is 6.68. The van der Waals surface area contributed by atoms with Crippen LogP contribution in [0.1, 0.15) is 10.4 Å². The van der Waals surface area contributed by atoms with Crippen LogP contribution in [0.4, 0.5) is 5.69 Å². The molecule has 1 amide bonds. The van der Waals surface area contributed by atoms with Gasteiger partial charge in [-0.1, -0.05) is 29.8 Å². The van der Waals surface area contributed by atoms with E-state index in [1.807, 2.05) is 18.2 Å². The third-order valence-corrected chi connectivity index (χ3v) is 6.65. The molecule has 4 aromatic rings. The Morgan fingerprint density at radius 2 is 1.76 bits per heavy atom. The van der Waals surface area contributed by atoms with Gasteiger partial charge in [0, 0.05) is 29.3 Å². The summed E-state index contributed by atoms with van der Waals surface area (Å²) >= 11 is 6.36. The van der Waals surface area contributed by atoms with Crippen LogP contribution in [-0.4, -0.2) is 32.7 Å². The number of anilines is 1. The number of ether oxygens (including phenoxy) is 1. The number of pyridine rings is 1. The van der Waals surface area contributed by atoms with Crippen molar-refractivity contribution in [2.45, 2.75) is 4.90 Å². The van der Waals surface area contributed by atoms with Crippen molar-refractivity contribution in [2.75, 3.05) is 18.7 Å². The molecular formula is C26H21ClN2O4S. The fourth-order valence-electron chi connectivity index (χ4n) is 3.50. The summed E-state index contributed by atoms with van der Waals surface area (Å²) in [5.74, 6) is 0.193. The molecule has 1 heterocycles. The molecule has 0 bridgehead atoms. The SMILES string of the molecule is COc1cccc(-c2cc(S(C)(=O)=O)ccc2C(=O)Nc2ccc(Cl)c(-c3ccccn3)c2)c1. The minimum Gasteiger partial charge on any atom is -0.497 e. The third kappa shape index (κ3) is 5.11. The Morgan fingerprint density at radius 3 is 2.47 bits per heavy atom. The molecule has 0 fully saturated rings. The molecule has 172 valence electrons. The monoisotopic (exact) mass is 492 g/mol. The molecule has 8 heteroatoms. The summed E-state index contributed by atoms with van der Waals surface area (Å²) in [6, 6.07) is 22.2. The van der Waals surface area contributed by atoms with Crippen LogP contribution in [0.25, 0.3) is 22.4 Å². The van der Waals surface area contributed by atoms with Gasteiger partial charge in [0.2, 0.25) is 0 Å². The van der Waals surface area contributed by atoms with Crippen LogP contribution in [0.2, 0.25) is 5.02 Å². The van der Waals surface area contributed by atoms with Gasteiger partial charge in [-0.15, -0.1) is 0 Å². The average Bonchev–Trinajstić information content (AvgIpc) is 2.84. The molecule has 0 atom stereocenters. The van der Waals surface area contributed by atoms with Crippen LogP contribution in [0.15, 0.2) is 90.0 Å². The van der Waals surface area contributed by atoms with E-state index < -0.39 is 15.7 Å². The van der Waals surface area contributed by atoms with E-state index in [4.69, 9.17) is 16.3 Å². The molecule has 0 radical (unpaired) electrons. The first kappa shape index (κ1) is 23.5. The summed E-state index contributed by atoms with van der Waals surface area (Å²) < 4.78 is 29.6. The van der Waals surface area contributed by atoms with E-state index in [0.29, 0.717) is 44.4 Å². The van der Waals surface area contributed by atoms with Gasteiger partial charge in [-0.25, -0.2) is 8.42 Å². The van der Waals surface area contributed by atoms with E-state index in [9.17, 15) is 13.2 Å². The molecule has 1 aromatic heterocycles. The zero-order valence-corrected chi connectivity index (χ0v) is 20.0. The lowest BCUT2D eigenvalue weighted by atomic mass is 9.98. The van der Waals surface area contributed by atoms with Crippen molar-refractivity contribution in [3.05, 3.63) is 95.6 Å². The summed E-state index contributed by atoms with van der Waals surface area (Å²) in [5, 5.41) is 3.39. The van der Waals surface area contributed by atoms with Crippen molar-refractivity contribution in [3.63, 3.8) is 0 Å². The first-order valence-electron chi connectivity index (χ1n) is 10.3. The molecule has 1 N–H and O–H groups in total. The molecule has 4 rings (SSSR count). The van der Waals surface area contributed by atoms with Crippen molar-refractivity contribution < 1.29 is 17.9 Å². The van der Waals surface area contributed by atoms with E-state index in [-0.39, 0.29) is 4.90 Å². The Labute approximate surface area is 203 Å². The molecule has 34 heavy (non-hydrogen) atoms. The number of nitrogens with zero attached hydrogens (tertiary/aromatic N) is 1. The van der Waals surface area contributed by atoms with Crippen molar-refractivity contribution in [1.82, 2.24) is 4.98 Å². The van der Waals surface area contributed by atoms with Crippen LogP contribution >= 0.6 is 11.6 Å². The fraction of sp³-hybridized carbons (Fsp3) is 0.0769. The number of hydrogen-bond acceptors (Lipinski definition) is 5. The Morgan fingerprint density at radius 1 is 0.941 bits per heavy atom. The van der Waals surface area contributed by atoms with E-state index >= 15 is 0 Å². The van der Waals surface area contributed by atoms with E-state index in [0.717, 1.165) is 6.26 Å². The second-order valence-corrected chi connectivity index (χ2v) is 10.00. The van der Waals surface area contributed by atoms with Gasteiger partial charge in [-0.3, -0.25) is 9.78 Å². The first-order chi connectivity index (χ1) is 16.3. The van der Waals surface area contributed by atoms with Crippen LogP contribution in [0.3, 0.4) is 0 Å². The van der Waals surface area contributed by atoms with E-state index in [1.54, 1.807) is 55.8 Å². The predicted molar refractivity (Wildman–Crippen MR) is 134 cm³/mol. The van der Waals surface area contributed by atoms with Gasteiger partial charge in [-0.05, 0) is 71.8 Å². The molecule has 0 saturated carbocycles. The minimum atomic E-state index is -3.48. The van der Waals surface area contributed by atoms with Crippen LogP contribution in [0.5, 0.6) is 5.75 Å². The Bertz CT molecular complexity index is 1470. The molecule has 0 spiro atoms. The number of benzene rings is 3. The van der Waals surface area contributed by atoms with E-state index in [2.05, 4.69) is 10.3 Å². The number of aromatic nitrogens is 1. The van der Waals surface area contributed by atoms with Crippen molar-refractivity contribution in [3.8, 4) is 28.1 Å². The molecule has 3 aromatic carbocycles.